The van der Waals surface area contributed by atoms with Gasteiger partial charge in [0.15, 0.2) is 5.78 Å². The SMILES string of the molecule is CC(CN1CCCSCC1)C(=O)c1ccccc1F. The van der Waals surface area contributed by atoms with E-state index in [1.165, 1.54) is 18.2 Å². The van der Waals surface area contributed by atoms with Crippen molar-refractivity contribution in [2.45, 2.75) is 13.3 Å². The van der Waals surface area contributed by atoms with Crippen molar-refractivity contribution in [1.82, 2.24) is 4.90 Å². The third kappa shape index (κ3) is 4.05. The zero-order valence-corrected chi connectivity index (χ0v) is 12.1. The van der Waals surface area contributed by atoms with Crippen molar-refractivity contribution in [3.05, 3.63) is 35.6 Å². The van der Waals surface area contributed by atoms with Crippen LogP contribution in [0.5, 0.6) is 0 Å². The monoisotopic (exact) mass is 281 g/mol. The molecule has 0 radical (unpaired) electrons. The first-order chi connectivity index (χ1) is 9.18. The maximum atomic E-state index is 13.6. The number of thioether (sulfide) groups is 1. The van der Waals surface area contributed by atoms with E-state index < -0.39 is 5.82 Å². The van der Waals surface area contributed by atoms with Crippen molar-refractivity contribution in [1.29, 1.82) is 0 Å². The second-order valence-electron chi connectivity index (χ2n) is 5.01. The number of hydrogen-bond acceptors (Lipinski definition) is 3. The van der Waals surface area contributed by atoms with E-state index in [4.69, 9.17) is 0 Å². The molecule has 0 spiro atoms. The van der Waals surface area contributed by atoms with E-state index in [2.05, 4.69) is 4.90 Å². The zero-order chi connectivity index (χ0) is 13.7. The standard InChI is InChI=1S/C15H20FNOS/c1-12(11-17-7-4-9-19-10-8-17)15(18)13-5-2-3-6-14(13)16/h2-3,5-6,12H,4,7-11H2,1H3. The number of hydrogen-bond donors (Lipinski definition) is 0. The predicted molar refractivity (Wildman–Crippen MR) is 78.3 cm³/mol. The summed E-state index contributed by atoms with van der Waals surface area (Å²) in [4.78, 5) is 14.6. The summed E-state index contributed by atoms with van der Waals surface area (Å²) in [6, 6.07) is 6.25. The first-order valence-corrected chi connectivity index (χ1v) is 7.93. The maximum absolute atomic E-state index is 13.6. The fourth-order valence-electron chi connectivity index (χ4n) is 2.38. The van der Waals surface area contributed by atoms with Crippen LogP contribution in [-0.2, 0) is 0 Å². The molecule has 104 valence electrons. The Balaban J connectivity index is 1.97. The lowest BCUT2D eigenvalue weighted by molar-refractivity contribution is 0.0893. The molecule has 1 aromatic rings. The molecule has 1 aliphatic rings. The van der Waals surface area contributed by atoms with Crippen LogP contribution in [0, 0.1) is 11.7 Å². The van der Waals surface area contributed by atoms with Crippen LogP contribution in [0.4, 0.5) is 4.39 Å². The molecular weight excluding hydrogens is 261 g/mol. The molecule has 0 saturated carbocycles. The Morgan fingerprint density at radius 2 is 2.16 bits per heavy atom. The molecule has 1 saturated heterocycles. The van der Waals surface area contributed by atoms with E-state index in [1.807, 2.05) is 18.7 Å². The van der Waals surface area contributed by atoms with E-state index >= 15 is 0 Å². The molecule has 4 heteroatoms. The van der Waals surface area contributed by atoms with Crippen molar-refractivity contribution in [2.24, 2.45) is 5.92 Å². The summed E-state index contributed by atoms with van der Waals surface area (Å²) in [5, 5.41) is 0. The number of halogens is 1. The summed E-state index contributed by atoms with van der Waals surface area (Å²) in [5.74, 6) is 1.67. The molecule has 19 heavy (non-hydrogen) atoms. The van der Waals surface area contributed by atoms with Gasteiger partial charge in [0.05, 0.1) is 5.56 Å². The number of Topliss-reactive ketones (excluding diaryl/α,β-unsaturated/α-hetero) is 1. The number of rotatable bonds is 4. The highest BCUT2D eigenvalue weighted by molar-refractivity contribution is 7.99. The van der Waals surface area contributed by atoms with Gasteiger partial charge in [0.1, 0.15) is 5.82 Å². The van der Waals surface area contributed by atoms with Gasteiger partial charge in [-0.2, -0.15) is 11.8 Å². The van der Waals surface area contributed by atoms with Gasteiger partial charge in [-0.25, -0.2) is 4.39 Å². The number of carbonyl (C=O) groups excluding carboxylic acids is 1. The molecule has 1 aliphatic heterocycles. The molecule has 1 unspecified atom stereocenters. The summed E-state index contributed by atoms with van der Waals surface area (Å²) in [7, 11) is 0. The fraction of sp³-hybridized carbons (Fsp3) is 0.533. The van der Waals surface area contributed by atoms with Crippen molar-refractivity contribution in [3.8, 4) is 0 Å². The summed E-state index contributed by atoms with van der Waals surface area (Å²) in [5.41, 5.74) is 0.221. The van der Waals surface area contributed by atoms with Gasteiger partial charge >= 0.3 is 0 Å². The summed E-state index contributed by atoms with van der Waals surface area (Å²) in [6.45, 7) is 4.70. The second-order valence-corrected chi connectivity index (χ2v) is 6.24. The summed E-state index contributed by atoms with van der Waals surface area (Å²) >= 11 is 1.97. The van der Waals surface area contributed by atoms with Crippen LogP contribution in [0.3, 0.4) is 0 Å². The topological polar surface area (TPSA) is 20.3 Å². The highest BCUT2D eigenvalue weighted by atomic mass is 32.2. The van der Waals surface area contributed by atoms with Gasteiger partial charge in [-0.1, -0.05) is 19.1 Å². The molecule has 0 bridgehead atoms. The van der Waals surface area contributed by atoms with E-state index in [0.29, 0.717) is 0 Å². The molecule has 2 nitrogen and oxygen atoms in total. The van der Waals surface area contributed by atoms with Gasteiger partial charge in [-0.3, -0.25) is 4.79 Å². The zero-order valence-electron chi connectivity index (χ0n) is 11.3. The average molecular weight is 281 g/mol. The van der Waals surface area contributed by atoms with Crippen LogP contribution < -0.4 is 0 Å². The van der Waals surface area contributed by atoms with E-state index in [0.717, 1.165) is 25.4 Å². The first-order valence-electron chi connectivity index (χ1n) is 6.77. The maximum Gasteiger partial charge on any atom is 0.169 e. The largest absolute Gasteiger partial charge is 0.302 e. The normalized spacial score (nSPS) is 18.8. The lowest BCUT2D eigenvalue weighted by atomic mass is 9.98. The number of carbonyl (C=O) groups is 1. The number of ketones is 1. The van der Waals surface area contributed by atoms with Crippen LogP contribution in [0.2, 0.25) is 0 Å². The second kappa shape index (κ2) is 7.06. The molecule has 2 rings (SSSR count). The van der Waals surface area contributed by atoms with Crippen molar-refractivity contribution < 1.29 is 9.18 Å². The highest BCUT2D eigenvalue weighted by Crippen LogP contribution is 2.16. The number of benzene rings is 1. The fourth-order valence-corrected chi connectivity index (χ4v) is 3.30. The molecule has 0 aliphatic carbocycles. The quantitative estimate of drug-likeness (QED) is 0.791. The van der Waals surface area contributed by atoms with Gasteiger partial charge in [0.2, 0.25) is 0 Å². The Morgan fingerprint density at radius 1 is 1.37 bits per heavy atom. The molecule has 1 aromatic carbocycles. The van der Waals surface area contributed by atoms with Crippen LogP contribution in [-0.4, -0.2) is 41.8 Å². The Hall–Kier alpha value is -0.870. The van der Waals surface area contributed by atoms with Crippen molar-refractivity contribution in [3.63, 3.8) is 0 Å². The molecule has 1 heterocycles. The Morgan fingerprint density at radius 3 is 2.95 bits per heavy atom. The molecular formula is C15H20FNOS. The Labute approximate surface area is 118 Å². The third-order valence-corrected chi connectivity index (χ3v) is 4.48. The van der Waals surface area contributed by atoms with Gasteiger partial charge in [0.25, 0.3) is 0 Å². The van der Waals surface area contributed by atoms with Crippen molar-refractivity contribution >= 4 is 17.5 Å². The predicted octanol–water partition coefficient (Wildman–Crippen LogP) is 3.08. The van der Waals surface area contributed by atoms with Crippen LogP contribution in [0.25, 0.3) is 0 Å². The van der Waals surface area contributed by atoms with E-state index in [9.17, 15) is 9.18 Å². The summed E-state index contributed by atoms with van der Waals surface area (Å²) in [6.07, 6.45) is 1.17. The van der Waals surface area contributed by atoms with Gasteiger partial charge in [0, 0.05) is 24.8 Å². The minimum Gasteiger partial charge on any atom is -0.302 e. The highest BCUT2D eigenvalue weighted by Gasteiger charge is 2.21. The van der Waals surface area contributed by atoms with E-state index in [-0.39, 0.29) is 17.3 Å². The van der Waals surface area contributed by atoms with Crippen molar-refractivity contribution in [2.75, 3.05) is 31.1 Å². The van der Waals surface area contributed by atoms with Crippen LogP contribution in [0.1, 0.15) is 23.7 Å². The van der Waals surface area contributed by atoms with Gasteiger partial charge in [-0.05, 0) is 30.9 Å². The minimum atomic E-state index is -0.411. The molecule has 1 atom stereocenters. The van der Waals surface area contributed by atoms with E-state index in [1.54, 1.807) is 18.2 Å². The smallest absolute Gasteiger partial charge is 0.169 e. The average Bonchev–Trinajstić information content (AvgIpc) is 2.67. The van der Waals surface area contributed by atoms with Gasteiger partial charge in [-0.15, -0.1) is 0 Å². The van der Waals surface area contributed by atoms with Crippen LogP contribution in [0.15, 0.2) is 24.3 Å². The lowest BCUT2D eigenvalue weighted by Crippen LogP contribution is -2.33. The first kappa shape index (κ1) is 14.5. The van der Waals surface area contributed by atoms with Crippen LogP contribution >= 0.6 is 11.8 Å². The Kier molecular flexibility index (Phi) is 5.40. The third-order valence-electron chi connectivity index (χ3n) is 3.43. The summed E-state index contributed by atoms with van der Waals surface area (Å²) < 4.78 is 13.6. The van der Waals surface area contributed by atoms with Gasteiger partial charge < -0.3 is 4.90 Å². The number of nitrogens with zero attached hydrogens (tertiary/aromatic N) is 1. The Bertz CT molecular complexity index is 430. The lowest BCUT2D eigenvalue weighted by Gasteiger charge is -2.23. The molecule has 0 aromatic heterocycles. The molecule has 0 amide bonds. The molecule has 1 fully saturated rings. The molecule has 0 N–H and O–H groups in total. The minimum absolute atomic E-state index is 0.0880.